The first-order chi connectivity index (χ1) is 5.88. The third-order valence-electron chi connectivity index (χ3n) is 1.91. The zero-order valence-corrected chi connectivity index (χ0v) is 6.97. The standard InChI is InChI=1S/C7H11F3N2O/c8-7(9,10)1-2-12-4-5(11)3-6(12)13/h5H,1-4,11H2. The molecule has 0 aromatic rings. The number of nitrogens with zero attached hydrogens (tertiary/aromatic N) is 1. The van der Waals surface area contributed by atoms with Gasteiger partial charge in [-0.25, -0.2) is 0 Å². The van der Waals surface area contributed by atoms with Gasteiger partial charge in [-0.15, -0.1) is 0 Å². The third kappa shape index (κ3) is 3.22. The number of carbonyl (C=O) groups is 1. The molecule has 0 saturated carbocycles. The highest BCUT2D eigenvalue weighted by molar-refractivity contribution is 5.79. The molecule has 76 valence electrons. The third-order valence-corrected chi connectivity index (χ3v) is 1.91. The van der Waals surface area contributed by atoms with E-state index in [4.69, 9.17) is 5.73 Å². The van der Waals surface area contributed by atoms with E-state index in [0.717, 1.165) is 4.90 Å². The lowest BCUT2D eigenvalue weighted by Crippen LogP contribution is -2.31. The molecule has 1 fully saturated rings. The molecule has 0 aromatic heterocycles. The molecule has 1 unspecified atom stereocenters. The van der Waals surface area contributed by atoms with Gasteiger partial charge in [-0.3, -0.25) is 4.79 Å². The Morgan fingerprint density at radius 3 is 2.54 bits per heavy atom. The maximum atomic E-state index is 11.8. The van der Waals surface area contributed by atoms with E-state index in [-0.39, 0.29) is 31.5 Å². The number of halogens is 3. The first-order valence-corrected chi connectivity index (χ1v) is 3.98. The lowest BCUT2D eigenvalue weighted by molar-refractivity contribution is -0.143. The molecule has 0 aromatic carbocycles. The van der Waals surface area contributed by atoms with E-state index in [9.17, 15) is 18.0 Å². The van der Waals surface area contributed by atoms with Gasteiger partial charge in [0.2, 0.25) is 5.91 Å². The van der Waals surface area contributed by atoms with Gasteiger partial charge in [0.25, 0.3) is 0 Å². The number of rotatable bonds is 2. The molecule has 0 aliphatic carbocycles. The minimum absolute atomic E-state index is 0.165. The average molecular weight is 196 g/mol. The van der Waals surface area contributed by atoms with Crippen LogP contribution in [0, 0.1) is 0 Å². The Morgan fingerprint density at radius 2 is 2.15 bits per heavy atom. The number of hydrogen-bond acceptors (Lipinski definition) is 2. The van der Waals surface area contributed by atoms with Crippen LogP contribution < -0.4 is 5.73 Å². The molecule has 6 heteroatoms. The van der Waals surface area contributed by atoms with Gasteiger partial charge in [-0.1, -0.05) is 0 Å². The van der Waals surface area contributed by atoms with Crippen molar-refractivity contribution >= 4 is 5.91 Å². The van der Waals surface area contributed by atoms with Crippen molar-refractivity contribution in [2.75, 3.05) is 13.1 Å². The molecule has 0 spiro atoms. The van der Waals surface area contributed by atoms with Crippen LogP contribution in [0.3, 0.4) is 0 Å². The highest BCUT2D eigenvalue weighted by Gasteiger charge is 2.32. The zero-order valence-electron chi connectivity index (χ0n) is 6.97. The number of hydrogen-bond donors (Lipinski definition) is 1. The van der Waals surface area contributed by atoms with Crippen LogP contribution in [-0.2, 0) is 4.79 Å². The van der Waals surface area contributed by atoms with E-state index in [0.29, 0.717) is 0 Å². The minimum atomic E-state index is -4.20. The van der Waals surface area contributed by atoms with Crippen molar-refractivity contribution in [2.24, 2.45) is 5.73 Å². The minimum Gasteiger partial charge on any atom is -0.341 e. The van der Waals surface area contributed by atoms with Gasteiger partial charge in [0.1, 0.15) is 0 Å². The van der Waals surface area contributed by atoms with Gasteiger partial charge < -0.3 is 10.6 Å². The summed E-state index contributed by atoms with van der Waals surface area (Å²) in [6.07, 6.45) is -4.99. The van der Waals surface area contributed by atoms with E-state index in [2.05, 4.69) is 0 Å². The molecule has 0 radical (unpaired) electrons. The van der Waals surface area contributed by atoms with E-state index >= 15 is 0 Å². The Morgan fingerprint density at radius 1 is 1.54 bits per heavy atom. The Balaban J connectivity index is 2.34. The molecule has 1 heterocycles. The molecule has 1 rings (SSSR count). The second-order valence-corrected chi connectivity index (χ2v) is 3.17. The summed E-state index contributed by atoms with van der Waals surface area (Å²) in [4.78, 5) is 12.1. The highest BCUT2D eigenvalue weighted by atomic mass is 19.4. The molecular weight excluding hydrogens is 185 g/mol. The van der Waals surface area contributed by atoms with Gasteiger partial charge >= 0.3 is 6.18 Å². The quantitative estimate of drug-likeness (QED) is 0.699. The summed E-state index contributed by atoms with van der Waals surface area (Å²) in [7, 11) is 0. The highest BCUT2D eigenvalue weighted by Crippen LogP contribution is 2.21. The summed E-state index contributed by atoms with van der Waals surface area (Å²) in [5.74, 6) is -0.281. The monoisotopic (exact) mass is 196 g/mol. The van der Waals surface area contributed by atoms with Gasteiger partial charge in [0.05, 0.1) is 6.42 Å². The van der Waals surface area contributed by atoms with E-state index in [1.165, 1.54) is 0 Å². The first-order valence-electron chi connectivity index (χ1n) is 3.98. The first kappa shape index (κ1) is 10.3. The number of nitrogens with two attached hydrogens (primary N) is 1. The van der Waals surface area contributed by atoms with Crippen molar-refractivity contribution in [3.63, 3.8) is 0 Å². The molecule has 2 N–H and O–H groups in total. The normalized spacial score (nSPS) is 24.2. The Labute approximate surface area is 73.7 Å². The van der Waals surface area contributed by atoms with Crippen LogP contribution in [0.2, 0.25) is 0 Å². The SMILES string of the molecule is NC1CC(=O)N(CCC(F)(F)F)C1. The topological polar surface area (TPSA) is 46.3 Å². The van der Waals surface area contributed by atoms with Crippen molar-refractivity contribution in [2.45, 2.75) is 25.1 Å². The fourth-order valence-corrected chi connectivity index (χ4v) is 1.28. The van der Waals surface area contributed by atoms with Crippen LogP contribution in [0.25, 0.3) is 0 Å². The van der Waals surface area contributed by atoms with E-state index < -0.39 is 12.6 Å². The molecule has 13 heavy (non-hydrogen) atoms. The largest absolute Gasteiger partial charge is 0.390 e. The Bertz CT molecular complexity index is 204. The number of carbonyl (C=O) groups excluding carboxylic acids is 1. The van der Waals surface area contributed by atoms with Gasteiger partial charge in [0.15, 0.2) is 0 Å². The molecular formula is C7H11F3N2O. The molecule has 1 aliphatic heterocycles. The fraction of sp³-hybridized carbons (Fsp3) is 0.857. The summed E-state index contributed by atoms with van der Waals surface area (Å²) < 4.78 is 35.3. The van der Waals surface area contributed by atoms with Gasteiger partial charge in [-0.05, 0) is 0 Å². The predicted octanol–water partition coefficient (Wildman–Crippen LogP) is 0.498. The molecule has 1 aliphatic rings. The lowest BCUT2D eigenvalue weighted by Gasteiger charge is -2.16. The fourth-order valence-electron chi connectivity index (χ4n) is 1.28. The summed E-state index contributed by atoms with van der Waals surface area (Å²) in [5.41, 5.74) is 5.41. The Kier molecular flexibility index (Phi) is 2.80. The van der Waals surface area contributed by atoms with Gasteiger partial charge in [0, 0.05) is 25.6 Å². The van der Waals surface area contributed by atoms with E-state index in [1.54, 1.807) is 0 Å². The second-order valence-electron chi connectivity index (χ2n) is 3.17. The second kappa shape index (κ2) is 3.53. The van der Waals surface area contributed by atoms with Crippen molar-refractivity contribution in [3.8, 4) is 0 Å². The maximum absolute atomic E-state index is 11.8. The van der Waals surface area contributed by atoms with Crippen molar-refractivity contribution < 1.29 is 18.0 Å². The summed E-state index contributed by atoms with van der Waals surface area (Å²) >= 11 is 0. The van der Waals surface area contributed by atoms with Crippen LogP contribution in [0.15, 0.2) is 0 Å². The number of alkyl halides is 3. The molecule has 1 saturated heterocycles. The van der Waals surface area contributed by atoms with Crippen LogP contribution in [0.1, 0.15) is 12.8 Å². The number of likely N-dealkylation sites (tertiary alicyclic amines) is 1. The van der Waals surface area contributed by atoms with Crippen molar-refractivity contribution in [1.29, 1.82) is 0 Å². The van der Waals surface area contributed by atoms with Crippen LogP contribution in [0.4, 0.5) is 13.2 Å². The smallest absolute Gasteiger partial charge is 0.341 e. The van der Waals surface area contributed by atoms with Crippen LogP contribution >= 0.6 is 0 Å². The zero-order chi connectivity index (χ0) is 10.1. The van der Waals surface area contributed by atoms with E-state index in [1.807, 2.05) is 0 Å². The number of amides is 1. The van der Waals surface area contributed by atoms with Crippen molar-refractivity contribution in [1.82, 2.24) is 4.90 Å². The lowest BCUT2D eigenvalue weighted by atomic mass is 10.3. The van der Waals surface area contributed by atoms with Crippen molar-refractivity contribution in [3.05, 3.63) is 0 Å². The van der Waals surface area contributed by atoms with Crippen LogP contribution in [0.5, 0.6) is 0 Å². The average Bonchev–Trinajstić information content (AvgIpc) is 2.24. The molecule has 1 atom stereocenters. The predicted molar refractivity (Wildman–Crippen MR) is 39.8 cm³/mol. The summed E-state index contributed by atoms with van der Waals surface area (Å²) in [6.45, 7) is -0.0229. The molecule has 0 bridgehead atoms. The molecule has 3 nitrogen and oxygen atoms in total. The van der Waals surface area contributed by atoms with Gasteiger partial charge in [-0.2, -0.15) is 13.2 Å². The molecule has 1 amide bonds. The summed E-state index contributed by atoms with van der Waals surface area (Å²) in [6, 6.07) is -0.305. The summed E-state index contributed by atoms with van der Waals surface area (Å²) in [5, 5.41) is 0. The maximum Gasteiger partial charge on any atom is 0.390 e. The van der Waals surface area contributed by atoms with Crippen LogP contribution in [-0.4, -0.2) is 36.1 Å². The Hall–Kier alpha value is -0.780.